The van der Waals surface area contributed by atoms with E-state index in [1.807, 2.05) is 12.1 Å². The molecule has 3 aromatic rings. The first-order chi connectivity index (χ1) is 15.3. The second-order valence-corrected chi connectivity index (χ2v) is 14.7. The van der Waals surface area contributed by atoms with E-state index in [4.69, 9.17) is 5.11 Å². The molecule has 168 valence electrons. The zero-order chi connectivity index (χ0) is 22.7. The maximum atomic E-state index is 13.8. The summed E-state index contributed by atoms with van der Waals surface area (Å²) >= 11 is 0. The van der Waals surface area contributed by atoms with Gasteiger partial charge in [-0.25, -0.2) is 9.37 Å². The highest BCUT2D eigenvalue weighted by atomic mass is 28.3. The molecular formula is C25H30FN3O2Si. The number of amides is 1. The van der Waals surface area contributed by atoms with Crippen molar-refractivity contribution < 1.29 is 14.3 Å². The zero-order valence-corrected chi connectivity index (χ0v) is 19.7. The summed E-state index contributed by atoms with van der Waals surface area (Å²) in [6, 6.07) is 17.0. The van der Waals surface area contributed by atoms with Crippen LogP contribution < -0.4 is 5.32 Å². The van der Waals surface area contributed by atoms with Gasteiger partial charge < -0.3 is 10.4 Å². The number of nitrogens with one attached hydrogen (secondary N) is 1. The number of pyridine rings is 1. The minimum Gasteiger partial charge on any atom is -0.395 e. The van der Waals surface area contributed by atoms with Crippen LogP contribution in [0.1, 0.15) is 15.9 Å². The molecule has 0 atom stereocenters. The minimum absolute atomic E-state index is 0.137. The Balaban J connectivity index is 1.59. The highest BCUT2D eigenvalue weighted by molar-refractivity contribution is 6.77. The number of carbonyl (C=O) groups is 1. The Bertz CT molecular complexity index is 1110. The Morgan fingerprint density at radius 1 is 1.12 bits per heavy atom. The molecule has 7 heteroatoms. The summed E-state index contributed by atoms with van der Waals surface area (Å²) in [5.41, 5.74) is 3.74. The molecule has 1 aromatic heterocycles. The summed E-state index contributed by atoms with van der Waals surface area (Å²) in [4.78, 5) is 19.9. The van der Waals surface area contributed by atoms with Gasteiger partial charge in [0.1, 0.15) is 5.82 Å². The van der Waals surface area contributed by atoms with Crippen LogP contribution in [0, 0.1) is 5.82 Å². The lowest BCUT2D eigenvalue weighted by Gasteiger charge is -2.35. The number of carbonyl (C=O) groups excluding carboxylic acids is 1. The third-order valence-corrected chi connectivity index (χ3v) is 9.43. The number of rotatable bonds is 6. The highest BCUT2D eigenvalue weighted by Gasteiger charge is 2.27. The van der Waals surface area contributed by atoms with Crippen LogP contribution in [0.3, 0.4) is 0 Å². The van der Waals surface area contributed by atoms with Crippen LogP contribution in [-0.2, 0) is 6.54 Å². The molecule has 0 saturated carbocycles. The number of fused-ring (bicyclic) bond motifs is 1. The molecule has 2 aromatic carbocycles. The zero-order valence-electron chi connectivity index (χ0n) is 18.7. The second kappa shape index (κ2) is 9.48. The fourth-order valence-corrected chi connectivity index (χ4v) is 6.25. The molecule has 0 radical (unpaired) electrons. The maximum absolute atomic E-state index is 13.8. The van der Waals surface area contributed by atoms with E-state index in [1.54, 1.807) is 12.1 Å². The first-order valence-corrected chi connectivity index (χ1v) is 14.6. The molecule has 4 rings (SSSR count). The molecule has 2 heterocycles. The Morgan fingerprint density at radius 2 is 1.84 bits per heavy atom. The molecule has 0 spiro atoms. The molecule has 0 aliphatic carbocycles. The molecule has 2 N–H and O–H groups in total. The number of aliphatic hydroxyl groups excluding tert-OH is 1. The van der Waals surface area contributed by atoms with E-state index in [2.05, 4.69) is 40.4 Å². The van der Waals surface area contributed by atoms with E-state index >= 15 is 0 Å². The third-order valence-electron chi connectivity index (χ3n) is 6.28. The summed E-state index contributed by atoms with van der Waals surface area (Å²) < 4.78 is 13.8. The predicted molar refractivity (Wildman–Crippen MR) is 129 cm³/mol. The van der Waals surface area contributed by atoms with Crippen molar-refractivity contribution in [1.29, 1.82) is 0 Å². The number of aromatic nitrogens is 1. The van der Waals surface area contributed by atoms with E-state index in [0.717, 1.165) is 12.1 Å². The second-order valence-electron chi connectivity index (χ2n) is 9.33. The fourth-order valence-electron chi connectivity index (χ4n) is 4.15. The van der Waals surface area contributed by atoms with Crippen LogP contribution in [0.25, 0.3) is 22.2 Å². The van der Waals surface area contributed by atoms with Crippen LogP contribution in [0.4, 0.5) is 4.39 Å². The first kappa shape index (κ1) is 22.6. The smallest absolute Gasteiger partial charge is 0.252 e. The van der Waals surface area contributed by atoms with Gasteiger partial charge in [-0.15, -0.1) is 0 Å². The molecule has 1 fully saturated rings. The molecule has 5 nitrogen and oxygen atoms in total. The molecule has 0 unspecified atom stereocenters. The third kappa shape index (κ3) is 5.23. The molecule has 1 saturated heterocycles. The monoisotopic (exact) mass is 451 g/mol. The number of nitrogens with zero attached hydrogens (tertiary/aromatic N) is 2. The van der Waals surface area contributed by atoms with Crippen LogP contribution in [0.15, 0.2) is 48.5 Å². The number of hydrogen-bond donors (Lipinski definition) is 2. The lowest BCUT2D eigenvalue weighted by molar-refractivity contribution is 0.0946. The van der Waals surface area contributed by atoms with Gasteiger partial charge in [-0.05, 0) is 55.0 Å². The van der Waals surface area contributed by atoms with Crippen molar-refractivity contribution in [3.05, 3.63) is 65.5 Å². The highest BCUT2D eigenvalue weighted by Crippen LogP contribution is 2.27. The van der Waals surface area contributed by atoms with Crippen molar-refractivity contribution in [2.45, 2.75) is 31.7 Å². The molecule has 1 aliphatic heterocycles. The molecule has 1 amide bonds. The van der Waals surface area contributed by atoms with Gasteiger partial charge in [0.05, 0.1) is 23.4 Å². The Kier molecular flexibility index (Phi) is 6.69. The van der Waals surface area contributed by atoms with Gasteiger partial charge in [-0.3, -0.25) is 9.69 Å². The van der Waals surface area contributed by atoms with Gasteiger partial charge >= 0.3 is 0 Å². The van der Waals surface area contributed by atoms with Crippen molar-refractivity contribution in [1.82, 2.24) is 15.2 Å². The first-order valence-electron chi connectivity index (χ1n) is 11.2. The van der Waals surface area contributed by atoms with Gasteiger partial charge in [0.15, 0.2) is 0 Å². The van der Waals surface area contributed by atoms with Crippen molar-refractivity contribution in [3.8, 4) is 11.3 Å². The van der Waals surface area contributed by atoms with Gasteiger partial charge in [0.25, 0.3) is 5.91 Å². The molecule has 32 heavy (non-hydrogen) atoms. The largest absolute Gasteiger partial charge is 0.395 e. The average molecular weight is 452 g/mol. The van der Waals surface area contributed by atoms with Gasteiger partial charge in [-0.2, -0.15) is 0 Å². The topological polar surface area (TPSA) is 65.5 Å². The van der Waals surface area contributed by atoms with E-state index in [9.17, 15) is 9.18 Å². The Hall–Kier alpha value is -2.61. The lowest BCUT2D eigenvalue weighted by Crippen LogP contribution is -2.42. The Labute approximate surface area is 189 Å². The van der Waals surface area contributed by atoms with Crippen molar-refractivity contribution >= 4 is 24.9 Å². The lowest BCUT2D eigenvalue weighted by atomic mass is 10.0. The Morgan fingerprint density at radius 3 is 2.53 bits per heavy atom. The molecule has 1 aliphatic rings. The predicted octanol–water partition coefficient (Wildman–Crippen LogP) is 4.29. The van der Waals surface area contributed by atoms with E-state index < -0.39 is 13.9 Å². The van der Waals surface area contributed by atoms with Gasteiger partial charge in [-0.1, -0.05) is 37.4 Å². The van der Waals surface area contributed by atoms with Gasteiger partial charge in [0, 0.05) is 32.1 Å². The van der Waals surface area contributed by atoms with E-state index in [1.165, 1.54) is 42.9 Å². The number of benzene rings is 2. The quantitative estimate of drug-likeness (QED) is 0.549. The van der Waals surface area contributed by atoms with E-state index in [0.29, 0.717) is 22.2 Å². The number of hydrogen-bond acceptors (Lipinski definition) is 4. The standard InChI is InChI=1S/C25H30FN3O2Si/c1-32(2)13-10-29(11-14-32)17-18-3-5-19(6-4-18)24-16-22(25(31)27-9-12-30)21-15-20(26)7-8-23(21)28-24/h3-8,15-16,30H,9-14,17H2,1-2H3,(H,27,31). The van der Waals surface area contributed by atoms with E-state index in [-0.39, 0.29) is 19.1 Å². The average Bonchev–Trinajstić information content (AvgIpc) is 2.78. The van der Waals surface area contributed by atoms with Crippen LogP contribution in [0.2, 0.25) is 25.2 Å². The van der Waals surface area contributed by atoms with Crippen LogP contribution in [0.5, 0.6) is 0 Å². The SMILES string of the molecule is C[Si]1(C)CCN(Cc2ccc(-c3cc(C(=O)NCCO)c4cc(F)ccc4n3)cc2)CC1. The maximum Gasteiger partial charge on any atom is 0.252 e. The molecule has 0 bridgehead atoms. The number of aliphatic hydroxyl groups is 1. The van der Waals surface area contributed by atoms with Crippen molar-refractivity contribution in [3.63, 3.8) is 0 Å². The normalized spacial score (nSPS) is 16.2. The van der Waals surface area contributed by atoms with Crippen LogP contribution >= 0.6 is 0 Å². The fraction of sp³-hybridized carbons (Fsp3) is 0.360. The summed E-state index contributed by atoms with van der Waals surface area (Å²) in [6.07, 6.45) is 0. The van der Waals surface area contributed by atoms with Crippen molar-refractivity contribution in [2.75, 3.05) is 26.2 Å². The van der Waals surface area contributed by atoms with Crippen LogP contribution in [-0.4, -0.2) is 55.2 Å². The molecular weight excluding hydrogens is 421 g/mol. The summed E-state index contributed by atoms with van der Waals surface area (Å²) in [7, 11) is -0.972. The summed E-state index contributed by atoms with van der Waals surface area (Å²) in [6.45, 7) is 8.23. The number of halogens is 1. The van der Waals surface area contributed by atoms with Crippen molar-refractivity contribution in [2.24, 2.45) is 0 Å². The summed E-state index contributed by atoms with van der Waals surface area (Å²) in [5, 5.41) is 12.1. The minimum atomic E-state index is -0.972. The van der Waals surface area contributed by atoms with Gasteiger partial charge in [0.2, 0.25) is 0 Å². The summed E-state index contributed by atoms with van der Waals surface area (Å²) in [5.74, 6) is -0.775.